The Hall–Kier alpha value is -1.35. The van der Waals surface area contributed by atoms with Gasteiger partial charge in [0.15, 0.2) is 0 Å². The monoisotopic (exact) mass is 232 g/mol. The zero-order chi connectivity index (χ0) is 12.3. The van der Waals surface area contributed by atoms with Gasteiger partial charge in [0.25, 0.3) is 0 Å². The van der Waals surface area contributed by atoms with Crippen molar-refractivity contribution in [3.63, 3.8) is 0 Å². The molecule has 1 aliphatic rings. The number of rotatable bonds is 3. The van der Waals surface area contributed by atoms with Gasteiger partial charge in [0.05, 0.1) is 0 Å². The molecule has 1 fully saturated rings. The molecule has 2 N–H and O–H groups in total. The molecule has 2 rings (SSSR count). The number of piperidine rings is 1. The van der Waals surface area contributed by atoms with E-state index in [1.54, 1.807) is 0 Å². The first-order valence-corrected chi connectivity index (χ1v) is 6.26. The SMILES string of the molecule is CC1CCN(Cc2ccc(C(N)=O)cc2)CC1. The van der Waals surface area contributed by atoms with Crippen molar-refractivity contribution in [3.8, 4) is 0 Å². The molecule has 0 aromatic heterocycles. The van der Waals surface area contributed by atoms with Crippen LogP contribution in [0.3, 0.4) is 0 Å². The summed E-state index contributed by atoms with van der Waals surface area (Å²) in [6.45, 7) is 5.65. The van der Waals surface area contributed by atoms with Gasteiger partial charge >= 0.3 is 0 Å². The Kier molecular flexibility index (Phi) is 3.79. The van der Waals surface area contributed by atoms with Gasteiger partial charge in [-0.1, -0.05) is 19.1 Å². The van der Waals surface area contributed by atoms with Crippen LogP contribution in [0.5, 0.6) is 0 Å². The third kappa shape index (κ3) is 3.30. The van der Waals surface area contributed by atoms with Crippen molar-refractivity contribution in [1.82, 2.24) is 4.90 Å². The summed E-state index contributed by atoms with van der Waals surface area (Å²) in [4.78, 5) is 13.4. The van der Waals surface area contributed by atoms with Gasteiger partial charge in [-0.2, -0.15) is 0 Å². The fourth-order valence-electron chi connectivity index (χ4n) is 2.25. The van der Waals surface area contributed by atoms with Crippen LogP contribution in [0.1, 0.15) is 35.7 Å². The van der Waals surface area contributed by atoms with E-state index in [9.17, 15) is 4.79 Å². The minimum Gasteiger partial charge on any atom is -0.366 e. The summed E-state index contributed by atoms with van der Waals surface area (Å²) < 4.78 is 0. The van der Waals surface area contributed by atoms with E-state index >= 15 is 0 Å². The fourth-order valence-corrected chi connectivity index (χ4v) is 2.25. The Morgan fingerprint density at radius 1 is 1.29 bits per heavy atom. The molecular weight excluding hydrogens is 212 g/mol. The number of benzene rings is 1. The Balaban J connectivity index is 1.92. The Morgan fingerprint density at radius 2 is 1.88 bits per heavy atom. The van der Waals surface area contributed by atoms with Crippen LogP contribution >= 0.6 is 0 Å². The lowest BCUT2D eigenvalue weighted by Crippen LogP contribution is -2.32. The second-order valence-electron chi connectivity index (χ2n) is 5.02. The number of nitrogens with zero attached hydrogens (tertiary/aromatic N) is 1. The number of carbonyl (C=O) groups is 1. The van der Waals surface area contributed by atoms with Gasteiger partial charge in [0.1, 0.15) is 0 Å². The first-order valence-electron chi connectivity index (χ1n) is 6.26. The summed E-state index contributed by atoms with van der Waals surface area (Å²) >= 11 is 0. The molecule has 17 heavy (non-hydrogen) atoms. The van der Waals surface area contributed by atoms with Crippen molar-refractivity contribution >= 4 is 5.91 Å². The molecule has 0 unspecified atom stereocenters. The van der Waals surface area contributed by atoms with Crippen LogP contribution in [0.15, 0.2) is 24.3 Å². The molecular formula is C14H20N2O. The second-order valence-corrected chi connectivity index (χ2v) is 5.02. The molecule has 0 bridgehead atoms. The van der Waals surface area contributed by atoms with Gasteiger partial charge in [-0.15, -0.1) is 0 Å². The van der Waals surface area contributed by atoms with Crippen molar-refractivity contribution < 1.29 is 4.79 Å². The van der Waals surface area contributed by atoms with Crippen molar-refractivity contribution in [3.05, 3.63) is 35.4 Å². The lowest BCUT2D eigenvalue weighted by Gasteiger charge is -2.30. The molecule has 0 radical (unpaired) electrons. The number of primary amides is 1. The van der Waals surface area contributed by atoms with E-state index in [0.29, 0.717) is 5.56 Å². The van der Waals surface area contributed by atoms with Crippen LogP contribution in [0, 0.1) is 5.92 Å². The van der Waals surface area contributed by atoms with E-state index in [2.05, 4.69) is 11.8 Å². The molecule has 0 saturated carbocycles. The quantitative estimate of drug-likeness (QED) is 0.866. The number of carbonyl (C=O) groups excluding carboxylic acids is 1. The Bertz CT molecular complexity index is 378. The number of likely N-dealkylation sites (tertiary alicyclic amines) is 1. The predicted octanol–water partition coefficient (Wildman–Crippen LogP) is 2.02. The van der Waals surface area contributed by atoms with Crippen LogP contribution in [-0.2, 0) is 6.54 Å². The average molecular weight is 232 g/mol. The molecule has 3 nitrogen and oxygen atoms in total. The van der Waals surface area contributed by atoms with Gasteiger partial charge < -0.3 is 5.73 Å². The van der Waals surface area contributed by atoms with Crippen LogP contribution in [0.2, 0.25) is 0 Å². The van der Waals surface area contributed by atoms with Crippen LogP contribution in [0.25, 0.3) is 0 Å². The van der Waals surface area contributed by atoms with E-state index in [-0.39, 0.29) is 5.91 Å². The average Bonchev–Trinajstić information content (AvgIpc) is 2.33. The first-order chi connectivity index (χ1) is 8.15. The first kappa shape index (κ1) is 12.1. The van der Waals surface area contributed by atoms with Gasteiger partial charge in [-0.3, -0.25) is 9.69 Å². The lowest BCUT2D eigenvalue weighted by atomic mass is 9.99. The highest BCUT2D eigenvalue weighted by Crippen LogP contribution is 2.18. The maximum atomic E-state index is 11.0. The third-order valence-electron chi connectivity index (χ3n) is 3.52. The fraction of sp³-hybridized carbons (Fsp3) is 0.500. The van der Waals surface area contributed by atoms with E-state index < -0.39 is 0 Å². The molecule has 1 saturated heterocycles. The maximum absolute atomic E-state index is 11.0. The molecule has 0 spiro atoms. The zero-order valence-corrected chi connectivity index (χ0v) is 10.4. The molecule has 1 amide bonds. The molecule has 3 heteroatoms. The van der Waals surface area contributed by atoms with E-state index in [0.717, 1.165) is 12.5 Å². The van der Waals surface area contributed by atoms with Crippen molar-refractivity contribution in [2.24, 2.45) is 11.7 Å². The van der Waals surface area contributed by atoms with Crippen LogP contribution < -0.4 is 5.73 Å². The van der Waals surface area contributed by atoms with Crippen LogP contribution in [0.4, 0.5) is 0 Å². The summed E-state index contributed by atoms with van der Waals surface area (Å²) in [5.41, 5.74) is 7.05. The highest BCUT2D eigenvalue weighted by molar-refractivity contribution is 5.92. The summed E-state index contributed by atoms with van der Waals surface area (Å²) in [5, 5.41) is 0. The van der Waals surface area contributed by atoms with Gasteiger partial charge in [-0.25, -0.2) is 0 Å². The summed E-state index contributed by atoms with van der Waals surface area (Å²) in [6, 6.07) is 7.62. The summed E-state index contributed by atoms with van der Waals surface area (Å²) in [7, 11) is 0. The van der Waals surface area contributed by atoms with Crippen molar-refractivity contribution in [2.45, 2.75) is 26.3 Å². The molecule has 1 heterocycles. The third-order valence-corrected chi connectivity index (χ3v) is 3.52. The number of hydrogen-bond donors (Lipinski definition) is 1. The lowest BCUT2D eigenvalue weighted by molar-refractivity contribution is 0.100. The number of hydrogen-bond acceptors (Lipinski definition) is 2. The summed E-state index contributed by atoms with van der Waals surface area (Å²) in [6.07, 6.45) is 2.58. The van der Waals surface area contributed by atoms with E-state index in [1.807, 2.05) is 24.3 Å². The normalized spacial score (nSPS) is 18.2. The van der Waals surface area contributed by atoms with E-state index in [1.165, 1.54) is 31.5 Å². The summed E-state index contributed by atoms with van der Waals surface area (Å²) in [5.74, 6) is 0.506. The van der Waals surface area contributed by atoms with Gasteiger partial charge in [0.2, 0.25) is 5.91 Å². The molecule has 0 aliphatic carbocycles. The van der Waals surface area contributed by atoms with Crippen molar-refractivity contribution in [2.75, 3.05) is 13.1 Å². The molecule has 1 aromatic carbocycles. The number of amides is 1. The zero-order valence-electron chi connectivity index (χ0n) is 10.4. The smallest absolute Gasteiger partial charge is 0.248 e. The van der Waals surface area contributed by atoms with Crippen molar-refractivity contribution in [1.29, 1.82) is 0 Å². The minimum atomic E-state index is -0.358. The van der Waals surface area contributed by atoms with Crippen LogP contribution in [-0.4, -0.2) is 23.9 Å². The highest BCUT2D eigenvalue weighted by Gasteiger charge is 2.15. The molecule has 1 aliphatic heterocycles. The van der Waals surface area contributed by atoms with E-state index in [4.69, 9.17) is 5.73 Å². The molecule has 0 atom stereocenters. The standard InChI is InChI=1S/C14H20N2O/c1-11-6-8-16(9-7-11)10-12-2-4-13(5-3-12)14(15)17/h2-5,11H,6-10H2,1H3,(H2,15,17). The highest BCUT2D eigenvalue weighted by atomic mass is 16.1. The topological polar surface area (TPSA) is 46.3 Å². The van der Waals surface area contributed by atoms with Gasteiger partial charge in [0, 0.05) is 12.1 Å². The largest absolute Gasteiger partial charge is 0.366 e. The maximum Gasteiger partial charge on any atom is 0.248 e. The minimum absolute atomic E-state index is 0.358. The predicted molar refractivity (Wildman–Crippen MR) is 68.6 cm³/mol. The second kappa shape index (κ2) is 5.32. The Morgan fingerprint density at radius 3 is 2.41 bits per heavy atom. The molecule has 92 valence electrons. The molecule has 1 aromatic rings. The Labute approximate surface area is 103 Å². The van der Waals surface area contributed by atoms with Gasteiger partial charge in [-0.05, 0) is 49.5 Å². The number of nitrogens with two attached hydrogens (primary N) is 1.